The molecule has 6 nitrogen and oxygen atoms in total. The number of nitrogens with zero attached hydrogens (tertiary/aromatic N) is 2. The van der Waals surface area contributed by atoms with Gasteiger partial charge in [-0.05, 0) is 5.92 Å². The fourth-order valence-electron chi connectivity index (χ4n) is 2.07. The van der Waals surface area contributed by atoms with Gasteiger partial charge in [0.05, 0.1) is 0 Å². The molecule has 2 rings (SSSR count). The Labute approximate surface area is 159 Å². The predicted octanol–water partition coefficient (Wildman–Crippen LogP) is 3.48. The van der Waals surface area contributed by atoms with Crippen LogP contribution in [0.25, 0.3) is 10.6 Å². The van der Waals surface area contributed by atoms with Crippen molar-refractivity contribution in [2.24, 2.45) is 5.92 Å². The number of carbonyl (C=O) groups excluding carboxylic acids is 2. The minimum Gasteiger partial charge on any atom is -0.342 e. The SMILES string of the molecule is CC[C@@H](C)[C@H](NC(=O)C(Cl)Cl)C(=O)Nc1nnc(-c2ccccc2)s1. The molecular weight excluding hydrogens is 383 g/mol. The molecule has 0 saturated heterocycles. The van der Waals surface area contributed by atoms with Crippen LogP contribution in [-0.2, 0) is 9.59 Å². The van der Waals surface area contributed by atoms with Crippen LogP contribution >= 0.6 is 34.5 Å². The number of carbonyl (C=O) groups is 2. The molecule has 0 aliphatic carbocycles. The molecule has 1 aromatic heterocycles. The number of benzene rings is 1. The van der Waals surface area contributed by atoms with Gasteiger partial charge in [0.15, 0.2) is 4.84 Å². The minimum atomic E-state index is -1.23. The van der Waals surface area contributed by atoms with E-state index in [1.165, 1.54) is 11.3 Å². The van der Waals surface area contributed by atoms with Gasteiger partial charge in [0.25, 0.3) is 5.91 Å². The van der Waals surface area contributed by atoms with Crippen molar-refractivity contribution in [3.8, 4) is 10.6 Å². The molecule has 0 bridgehead atoms. The maximum Gasteiger partial charge on any atom is 0.253 e. The fourth-order valence-corrected chi connectivity index (χ4v) is 2.95. The van der Waals surface area contributed by atoms with Gasteiger partial charge in [-0.15, -0.1) is 10.2 Å². The first kappa shape index (κ1) is 19.6. The zero-order chi connectivity index (χ0) is 18.4. The molecule has 2 amide bonds. The van der Waals surface area contributed by atoms with E-state index in [0.29, 0.717) is 16.6 Å². The summed E-state index contributed by atoms with van der Waals surface area (Å²) < 4.78 is 0. The standard InChI is InChI=1S/C16H18Cl2N4O2S/c1-3-9(2)11(19-14(24)12(17)18)13(23)20-16-22-21-15(25-16)10-7-5-4-6-8-10/h4-9,11-12H,3H2,1-2H3,(H,19,24)(H,20,22,23)/t9-,11+/m1/s1. The first-order valence-corrected chi connectivity index (χ1v) is 9.39. The van der Waals surface area contributed by atoms with E-state index < -0.39 is 16.8 Å². The molecule has 0 aliphatic rings. The molecule has 25 heavy (non-hydrogen) atoms. The second kappa shape index (κ2) is 9.12. The largest absolute Gasteiger partial charge is 0.342 e. The fraction of sp³-hybridized carbons (Fsp3) is 0.375. The summed E-state index contributed by atoms with van der Waals surface area (Å²) in [6.07, 6.45) is 0.693. The van der Waals surface area contributed by atoms with Gasteiger partial charge in [-0.25, -0.2) is 0 Å². The lowest BCUT2D eigenvalue weighted by molar-refractivity contribution is -0.126. The Kier molecular flexibility index (Phi) is 7.16. The average molecular weight is 401 g/mol. The van der Waals surface area contributed by atoms with Crippen molar-refractivity contribution in [2.75, 3.05) is 5.32 Å². The summed E-state index contributed by atoms with van der Waals surface area (Å²) in [7, 11) is 0. The smallest absolute Gasteiger partial charge is 0.253 e. The lowest BCUT2D eigenvalue weighted by Crippen LogP contribution is -2.49. The monoisotopic (exact) mass is 400 g/mol. The lowest BCUT2D eigenvalue weighted by Gasteiger charge is -2.23. The molecule has 0 aliphatic heterocycles. The molecule has 1 heterocycles. The molecule has 134 valence electrons. The van der Waals surface area contributed by atoms with Gasteiger partial charge in [-0.2, -0.15) is 0 Å². The zero-order valence-electron chi connectivity index (χ0n) is 13.7. The van der Waals surface area contributed by atoms with E-state index in [9.17, 15) is 9.59 Å². The van der Waals surface area contributed by atoms with Crippen LogP contribution in [0.1, 0.15) is 20.3 Å². The first-order valence-electron chi connectivity index (χ1n) is 7.70. The lowest BCUT2D eigenvalue weighted by atomic mass is 9.98. The van der Waals surface area contributed by atoms with Crippen molar-refractivity contribution in [1.29, 1.82) is 0 Å². The highest BCUT2D eigenvalue weighted by atomic mass is 35.5. The Hall–Kier alpha value is -1.70. The summed E-state index contributed by atoms with van der Waals surface area (Å²) in [5.41, 5.74) is 0.916. The molecule has 0 unspecified atom stereocenters. The first-order chi connectivity index (χ1) is 11.9. The Morgan fingerprint density at radius 3 is 2.44 bits per heavy atom. The van der Waals surface area contributed by atoms with E-state index in [1.807, 2.05) is 44.2 Å². The summed E-state index contributed by atoms with van der Waals surface area (Å²) in [5, 5.41) is 14.4. The number of anilines is 1. The topological polar surface area (TPSA) is 84.0 Å². The van der Waals surface area contributed by atoms with E-state index in [-0.39, 0.29) is 11.8 Å². The summed E-state index contributed by atoms with van der Waals surface area (Å²) in [6.45, 7) is 3.78. The maximum absolute atomic E-state index is 12.5. The summed E-state index contributed by atoms with van der Waals surface area (Å²) in [6, 6.07) is 8.77. The highest BCUT2D eigenvalue weighted by Crippen LogP contribution is 2.26. The number of alkyl halides is 2. The molecule has 2 aromatic rings. The van der Waals surface area contributed by atoms with Crippen LogP contribution in [0, 0.1) is 5.92 Å². The number of aromatic nitrogens is 2. The third kappa shape index (κ3) is 5.39. The molecule has 9 heteroatoms. The van der Waals surface area contributed by atoms with E-state index in [0.717, 1.165) is 5.56 Å². The molecule has 0 spiro atoms. The van der Waals surface area contributed by atoms with Crippen LogP contribution in [0.3, 0.4) is 0 Å². The van der Waals surface area contributed by atoms with Gasteiger partial charge in [0.2, 0.25) is 11.0 Å². The number of hydrogen-bond acceptors (Lipinski definition) is 5. The highest BCUT2D eigenvalue weighted by molar-refractivity contribution is 7.18. The Morgan fingerprint density at radius 1 is 1.16 bits per heavy atom. The van der Waals surface area contributed by atoms with Crippen molar-refractivity contribution >= 4 is 51.5 Å². The normalized spacial score (nSPS) is 13.3. The van der Waals surface area contributed by atoms with E-state index in [2.05, 4.69) is 20.8 Å². The van der Waals surface area contributed by atoms with Crippen LogP contribution in [-0.4, -0.2) is 32.9 Å². The number of rotatable bonds is 7. The van der Waals surface area contributed by atoms with E-state index in [4.69, 9.17) is 23.2 Å². The zero-order valence-corrected chi connectivity index (χ0v) is 16.0. The second-order valence-electron chi connectivity index (χ2n) is 5.44. The van der Waals surface area contributed by atoms with Crippen molar-refractivity contribution in [1.82, 2.24) is 15.5 Å². The summed E-state index contributed by atoms with van der Waals surface area (Å²) in [4.78, 5) is 23.1. The number of hydrogen-bond donors (Lipinski definition) is 2. The number of amides is 2. The minimum absolute atomic E-state index is 0.0995. The Morgan fingerprint density at radius 2 is 1.84 bits per heavy atom. The van der Waals surface area contributed by atoms with Crippen LogP contribution in [0.2, 0.25) is 0 Å². The van der Waals surface area contributed by atoms with Gasteiger partial charge in [-0.3, -0.25) is 14.9 Å². The van der Waals surface area contributed by atoms with Gasteiger partial charge >= 0.3 is 0 Å². The van der Waals surface area contributed by atoms with Crippen molar-refractivity contribution in [2.45, 2.75) is 31.1 Å². The van der Waals surface area contributed by atoms with Crippen LogP contribution in [0.5, 0.6) is 0 Å². The Bertz CT molecular complexity index is 724. The molecule has 2 N–H and O–H groups in total. The highest BCUT2D eigenvalue weighted by Gasteiger charge is 2.28. The summed E-state index contributed by atoms with van der Waals surface area (Å²) in [5.74, 6) is -1.09. The van der Waals surface area contributed by atoms with Crippen LogP contribution in [0.4, 0.5) is 5.13 Å². The van der Waals surface area contributed by atoms with Crippen molar-refractivity contribution in [3.05, 3.63) is 30.3 Å². The van der Waals surface area contributed by atoms with Crippen LogP contribution < -0.4 is 10.6 Å². The van der Waals surface area contributed by atoms with Gasteiger partial charge in [0.1, 0.15) is 11.0 Å². The molecule has 0 radical (unpaired) electrons. The van der Waals surface area contributed by atoms with Gasteiger partial charge < -0.3 is 5.32 Å². The van der Waals surface area contributed by atoms with Crippen molar-refractivity contribution in [3.63, 3.8) is 0 Å². The Balaban J connectivity index is 2.10. The maximum atomic E-state index is 12.5. The second-order valence-corrected chi connectivity index (χ2v) is 7.51. The third-order valence-corrected chi connectivity index (χ3v) is 4.95. The average Bonchev–Trinajstić information content (AvgIpc) is 3.07. The van der Waals surface area contributed by atoms with Gasteiger partial charge in [-0.1, -0.05) is 85.1 Å². The molecular formula is C16H18Cl2N4O2S. The third-order valence-electron chi connectivity index (χ3n) is 3.67. The number of halogens is 2. The molecule has 0 saturated carbocycles. The van der Waals surface area contributed by atoms with Gasteiger partial charge in [0, 0.05) is 5.56 Å². The number of nitrogens with one attached hydrogen (secondary N) is 2. The van der Waals surface area contributed by atoms with E-state index >= 15 is 0 Å². The molecule has 2 atom stereocenters. The van der Waals surface area contributed by atoms with Crippen LogP contribution in [0.15, 0.2) is 30.3 Å². The molecule has 0 fully saturated rings. The summed E-state index contributed by atoms with van der Waals surface area (Å²) >= 11 is 12.4. The van der Waals surface area contributed by atoms with Crippen molar-refractivity contribution < 1.29 is 9.59 Å². The quantitative estimate of drug-likeness (QED) is 0.696. The predicted molar refractivity (Wildman–Crippen MR) is 101 cm³/mol. The molecule has 1 aromatic carbocycles. The van der Waals surface area contributed by atoms with E-state index in [1.54, 1.807) is 0 Å².